The van der Waals surface area contributed by atoms with Crippen molar-refractivity contribution in [2.45, 2.75) is 37.1 Å². The van der Waals surface area contributed by atoms with Crippen LogP contribution >= 0.6 is 11.8 Å². The number of carbonyl (C=O) groups excluding carboxylic acids is 2. The fraction of sp³-hybridized carbons (Fsp3) is 0.667. The summed E-state index contributed by atoms with van der Waals surface area (Å²) in [5.74, 6) is -3.06. The third kappa shape index (κ3) is 4.32. The lowest BCUT2D eigenvalue weighted by molar-refractivity contribution is -0.204. The van der Waals surface area contributed by atoms with Gasteiger partial charge in [0.15, 0.2) is 5.25 Å². The molecule has 6 nitrogen and oxygen atoms in total. The summed E-state index contributed by atoms with van der Waals surface area (Å²) in [5.41, 5.74) is -0.741. The van der Waals surface area contributed by atoms with Crippen molar-refractivity contribution in [2.75, 3.05) is 13.2 Å². The number of halogens is 6. The van der Waals surface area contributed by atoms with Crippen LogP contribution in [0.5, 0.6) is 0 Å². The maximum atomic E-state index is 13.3. The molecule has 0 spiro atoms. The summed E-state index contributed by atoms with van der Waals surface area (Å²) in [5, 5.41) is -1.32. The molecule has 0 fully saturated rings. The van der Waals surface area contributed by atoms with Crippen LogP contribution in [0.1, 0.15) is 13.8 Å². The lowest BCUT2D eigenvalue weighted by Crippen LogP contribution is -2.73. The molecular formula is C12H14F6N2O4S. The molecule has 1 aliphatic heterocycles. The van der Waals surface area contributed by atoms with Gasteiger partial charge in [0, 0.05) is 0 Å². The predicted octanol–water partition coefficient (Wildman–Crippen LogP) is 1.81. The number of rotatable bonds is 4. The quantitative estimate of drug-likeness (QED) is 0.553. The summed E-state index contributed by atoms with van der Waals surface area (Å²) in [6, 6.07) is 0. The van der Waals surface area contributed by atoms with E-state index in [1.807, 2.05) is 0 Å². The third-order valence-corrected chi connectivity index (χ3v) is 4.33. The number of allylic oxidation sites excluding steroid dienone is 1. The summed E-state index contributed by atoms with van der Waals surface area (Å²) >= 11 is -0.301. The van der Waals surface area contributed by atoms with Gasteiger partial charge in [-0.25, -0.2) is 4.79 Å². The molecule has 1 rings (SSSR count). The number of hydrogen-bond acceptors (Lipinski definition) is 7. The molecule has 2 unspecified atom stereocenters. The van der Waals surface area contributed by atoms with Crippen molar-refractivity contribution in [1.82, 2.24) is 5.32 Å². The summed E-state index contributed by atoms with van der Waals surface area (Å²) in [7, 11) is 0. The van der Waals surface area contributed by atoms with Crippen molar-refractivity contribution in [3.63, 3.8) is 0 Å². The number of nitrogens with two attached hydrogens (primary N) is 1. The van der Waals surface area contributed by atoms with Crippen LogP contribution in [-0.2, 0) is 19.1 Å². The average molecular weight is 396 g/mol. The largest absolute Gasteiger partial charge is 0.465 e. The molecule has 0 amide bonds. The highest BCUT2D eigenvalue weighted by molar-refractivity contribution is 8.05. The molecule has 0 bridgehead atoms. The molecule has 0 aromatic heterocycles. The highest BCUT2D eigenvalue weighted by atomic mass is 32.2. The number of alkyl halides is 6. The zero-order valence-corrected chi connectivity index (χ0v) is 13.7. The minimum Gasteiger partial charge on any atom is -0.465 e. The fourth-order valence-corrected chi connectivity index (χ4v) is 3.03. The summed E-state index contributed by atoms with van der Waals surface area (Å²) < 4.78 is 88.1. The zero-order chi connectivity index (χ0) is 19.6. The number of nitrogens with one attached hydrogen (secondary N) is 1. The maximum absolute atomic E-state index is 13.3. The van der Waals surface area contributed by atoms with E-state index in [9.17, 15) is 35.9 Å². The van der Waals surface area contributed by atoms with E-state index in [4.69, 9.17) is 5.73 Å². The van der Waals surface area contributed by atoms with Crippen LogP contribution in [0.3, 0.4) is 0 Å². The first-order valence-electron chi connectivity index (χ1n) is 6.75. The SMILES string of the molecule is CCOC(=O)C1=C(C(F)(F)F)NC(N)(C(F)(F)F)C(C(=O)OCC)S1. The van der Waals surface area contributed by atoms with Crippen molar-refractivity contribution in [3.8, 4) is 0 Å². The van der Waals surface area contributed by atoms with Crippen LogP contribution in [-0.4, -0.2) is 48.4 Å². The molecule has 1 aliphatic rings. The van der Waals surface area contributed by atoms with E-state index in [2.05, 4.69) is 9.47 Å². The van der Waals surface area contributed by atoms with Gasteiger partial charge in [0.1, 0.15) is 10.6 Å². The Bertz CT molecular complexity index is 577. The van der Waals surface area contributed by atoms with Gasteiger partial charge in [0.25, 0.3) is 0 Å². The number of hydrogen-bond donors (Lipinski definition) is 2. The van der Waals surface area contributed by atoms with Crippen molar-refractivity contribution >= 4 is 23.7 Å². The lowest BCUT2D eigenvalue weighted by Gasteiger charge is -2.42. The summed E-state index contributed by atoms with van der Waals surface area (Å²) in [4.78, 5) is 22.3. The van der Waals surface area contributed by atoms with Gasteiger partial charge in [-0.3, -0.25) is 10.5 Å². The molecule has 0 aromatic carbocycles. The van der Waals surface area contributed by atoms with Crippen molar-refractivity contribution in [1.29, 1.82) is 0 Å². The molecule has 144 valence electrons. The molecular weight excluding hydrogens is 382 g/mol. The number of thioether (sulfide) groups is 1. The van der Waals surface area contributed by atoms with Gasteiger partial charge in [-0.2, -0.15) is 26.3 Å². The molecule has 0 aliphatic carbocycles. The predicted molar refractivity (Wildman–Crippen MR) is 73.8 cm³/mol. The topological polar surface area (TPSA) is 90.6 Å². The Balaban J connectivity index is 3.53. The Labute approximate surface area is 142 Å². The van der Waals surface area contributed by atoms with Gasteiger partial charge in [-0.15, -0.1) is 0 Å². The van der Waals surface area contributed by atoms with Crippen molar-refractivity contribution < 1.29 is 45.4 Å². The Hall–Kier alpha value is -1.63. The second kappa shape index (κ2) is 7.32. The Morgan fingerprint density at radius 2 is 1.68 bits per heavy atom. The van der Waals surface area contributed by atoms with E-state index in [0.29, 0.717) is 0 Å². The Kier molecular flexibility index (Phi) is 6.27. The number of esters is 2. The van der Waals surface area contributed by atoms with E-state index in [1.54, 1.807) is 0 Å². The number of ether oxygens (including phenoxy) is 2. The van der Waals surface area contributed by atoms with Crippen LogP contribution in [0.25, 0.3) is 0 Å². The first-order valence-corrected chi connectivity index (χ1v) is 7.63. The second-order valence-corrected chi connectivity index (χ2v) is 5.78. The molecule has 2 atom stereocenters. The zero-order valence-electron chi connectivity index (χ0n) is 12.9. The van der Waals surface area contributed by atoms with E-state index in [1.165, 1.54) is 13.8 Å². The molecule has 0 aromatic rings. The first kappa shape index (κ1) is 21.4. The molecule has 0 saturated carbocycles. The summed E-state index contributed by atoms with van der Waals surface area (Å²) in [6.45, 7) is 1.91. The highest BCUT2D eigenvalue weighted by Crippen LogP contribution is 2.46. The van der Waals surface area contributed by atoms with Gasteiger partial charge in [0.2, 0.25) is 5.66 Å². The third-order valence-electron chi connectivity index (χ3n) is 2.92. The van der Waals surface area contributed by atoms with E-state index in [0.717, 1.165) is 5.32 Å². The normalized spacial score (nSPS) is 24.6. The van der Waals surface area contributed by atoms with Gasteiger partial charge in [-0.05, 0) is 13.8 Å². The van der Waals surface area contributed by atoms with Gasteiger partial charge in [-0.1, -0.05) is 11.8 Å². The maximum Gasteiger partial charge on any atom is 0.432 e. The average Bonchev–Trinajstić information content (AvgIpc) is 2.45. The molecule has 1 heterocycles. The fourth-order valence-electron chi connectivity index (χ4n) is 1.82. The van der Waals surface area contributed by atoms with Gasteiger partial charge < -0.3 is 14.8 Å². The minimum absolute atomic E-state index is 0.301. The molecule has 3 N–H and O–H groups in total. The van der Waals surface area contributed by atoms with Gasteiger partial charge >= 0.3 is 24.3 Å². The van der Waals surface area contributed by atoms with Crippen molar-refractivity contribution in [3.05, 3.63) is 10.6 Å². The number of carbonyl (C=O) groups is 2. The molecule has 0 radical (unpaired) electrons. The molecule has 25 heavy (non-hydrogen) atoms. The van der Waals surface area contributed by atoms with Crippen LogP contribution in [0, 0.1) is 0 Å². The second-order valence-electron chi connectivity index (χ2n) is 4.66. The van der Waals surface area contributed by atoms with Gasteiger partial charge in [0.05, 0.1) is 13.2 Å². The van der Waals surface area contributed by atoms with Crippen LogP contribution in [0.2, 0.25) is 0 Å². The van der Waals surface area contributed by atoms with Crippen molar-refractivity contribution in [2.24, 2.45) is 5.73 Å². The minimum atomic E-state index is -5.46. The van der Waals surface area contributed by atoms with E-state index < -0.39 is 45.8 Å². The summed E-state index contributed by atoms with van der Waals surface area (Å²) in [6.07, 6.45) is -10.8. The van der Waals surface area contributed by atoms with Crippen LogP contribution in [0.15, 0.2) is 10.6 Å². The highest BCUT2D eigenvalue weighted by Gasteiger charge is 2.65. The van der Waals surface area contributed by atoms with Crippen LogP contribution < -0.4 is 11.1 Å². The molecule has 13 heteroatoms. The standard InChI is InChI=1S/C12H14F6N2O4S/c1-3-23-8(21)5-6(11(13,14)15)20-10(19,12(16,17)18)7(25-5)9(22)24-4-2/h7,20H,3-4,19H2,1-2H3. The lowest BCUT2D eigenvalue weighted by atomic mass is 10.0. The first-order chi connectivity index (χ1) is 11.3. The van der Waals surface area contributed by atoms with Crippen LogP contribution in [0.4, 0.5) is 26.3 Å². The molecule has 0 saturated heterocycles. The Morgan fingerprint density at radius 1 is 1.16 bits per heavy atom. The monoisotopic (exact) mass is 396 g/mol. The van der Waals surface area contributed by atoms with E-state index >= 15 is 0 Å². The van der Waals surface area contributed by atoms with E-state index in [-0.39, 0.29) is 25.0 Å². The smallest absolute Gasteiger partial charge is 0.432 e. The Morgan fingerprint density at radius 3 is 2.08 bits per heavy atom.